The van der Waals surface area contributed by atoms with E-state index in [-0.39, 0.29) is 21.9 Å². The van der Waals surface area contributed by atoms with E-state index in [1.807, 2.05) is 60.0 Å². The molecule has 0 aliphatic carbocycles. The van der Waals surface area contributed by atoms with Crippen LogP contribution in [0.2, 0.25) is 0 Å². The van der Waals surface area contributed by atoms with Gasteiger partial charge in [0.25, 0.3) is 0 Å². The number of fused-ring (bicyclic) bond motifs is 2. The van der Waals surface area contributed by atoms with Crippen LogP contribution in [0.3, 0.4) is 0 Å². The zero-order valence-corrected chi connectivity index (χ0v) is 35.7. The first-order valence-electron chi connectivity index (χ1n) is 20.2. The Balaban J connectivity index is 0.000000177. The molecule has 2 aliphatic heterocycles. The number of nitrogens with one attached hydrogen (secondary N) is 1. The van der Waals surface area contributed by atoms with Crippen molar-refractivity contribution in [1.29, 1.82) is 0 Å². The van der Waals surface area contributed by atoms with Crippen LogP contribution in [-0.4, -0.2) is 88.5 Å². The van der Waals surface area contributed by atoms with E-state index in [0.717, 1.165) is 44.1 Å². The smallest absolute Gasteiger partial charge is 0.341 e. The maximum atomic E-state index is 14.9. The van der Waals surface area contributed by atoms with Gasteiger partial charge in [-0.2, -0.15) is 0 Å². The maximum absolute atomic E-state index is 14.9. The highest BCUT2D eigenvalue weighted by Gasteiger charge is 2.23. The molecule has 2 aromatic heterocycles. The van der Waals surface area contributed by atoms with Crippen LogP contribution in [0.25, 0.3) is 21.8 Å². The summed E-state index contributed by atoms with van der Waals surface area (Å²) in [5.41, 5.74) is 2.60. The van der Waals surface area contributed by atoms with Crippen molar-refractivity contribution in [2.24, 2.45) is 0 Å². The van der Waals surface area contributed by atoms with Crippen molar-refractivity contribution in [1.82, 2.24) is 19.4 Å². The molecule has 2 fully saturated rings. The first-order valence-corrected chi connectivity index (χ1v) is 21.3. The average molecular weight is 900 g/mol. The second-order valence-corrected chi connectivity index (χ2v) is 15.2. The Morgan fingerprint density at radius 1 is 0.639 bits per heavy atom. The summed E-state index contributed by atoms with van der Waals surface area (Å²) in [5.74, 6) is -3.60. The highest BCUT2D eigenvalue weighted by atomic mass is 79.9. The van der Waals surface area contributed by atoms with E-state index in [1.54, 1.807) is 21.3 Å². The predicted molar refractivity (Wildman–Crippen MR) is 240 cm³/mol. The SMILES string of the molecule is BrCc1ccccc1.CCn1cc(C(=O)O)c(=O)c2cc(F)c(N3CCN(Cc4ccccc4)CC3)cc21.CCn1cc(C(=O)O)c(=O)c2cc(F)c(N3CCNCC3)cc21. The van der Waals surface area contributed by atoms with E-state index in [1.165, 1.54) is 29.6 Å². The summed E-state index contributed by atoms with van der Waals surface area (Å²) in [6.07, 6.45) is 2.67. The third-order valence-corrected chi connectivity index (χ3v) is 11.5. The number of carboxylic acid groups (broad SMARTS) is 2. The van der Waals surface area contributed by atoms with E-state index < -0.39 is 34.4 Å². The van der Waals surface area contributed by atoms with E-state index >= 15 is 0 Å². The van der Waals surface area contributed by atoms with Crippen LogP contribution in [0.15, 0.2) is 107 Å². The topological polar surface area (TPSA) is 140 Å². The van der Waals surface area contributed by atoms with E-state index in [9.17, 15) is 33.1 Å². The van der Waals surface area contributed by atoms with Gasteiger partial charge in [-0.05, 0) is 49.2 Å². The molecule has 4 heterocycles. The maximum Gasteiger partial charge on any atom is 0.341 e. The quantitative estimate of drug-likeness (QED) is 0.130. The van der Waals surface area contributed by atoms with Crippen LogP contribution in [-0.2, 0) is 25.0 Å². The first kappa shape index (κ1) is 44.6. The molecule has 2 saturated heterocycles. The standard InChI is InChI=1S/C23H24FN3O3.C16H18FN3O3.C7H7Br/c1-2-26-15-18(23(29)30)22(28)17-12-19(24)21(13-20(17)26)27-10-8-25(9-11-27)14-16-6-4-3-5-7-16;1-2-19-9-11(16(22)23)15(21)10-7-12(17)14(8-13(10)19)20-5-3-18-4-6-20;8-6-7-4-2-1-3-5-7/h3-7,12-13,15H,2,8-11,14H2,1H3,(H,29,30);7-9,18H,2-6H2,1H3,(H,22,23);1-5H,6H2. The summed E-state index contributed by atoms with van der Waals surface area (Å²) in [7, 11) is 0. The van der Waals surface area contributed by atoms with Crippen molar-refractivity contribution >= 4 is 61.0 Å². The Bertz CT molecular complexity index is 2610. The van der Waals surface area contributed by atoms with Gasteiger partial charge >= 0.3 is 11.9 Å². The van der Waals surface area contributed by atoms with Gasteiger partial charge in [0.15, 0.2) is 0 Å². The first-order chi connectivity index (χ1) is 29.4. The van der Waals surface area contributed by atoms with Gasteiger partial charge in [-0.3, -0.25) is 14.5 Å². The van der Waals surface area contributed by atoms with Gasteiger partial charge in [-0.15, -0.1) is 0 Å². The van der Waals surface area contributed by atoms with Crippen molar-refractivity contribution in [3.63, 3.8) is 0 Å². The number of piperazine rings is 2. The Morgan fingerprint density at radius 3 is 1.46 bits per heavy atom. The van der Waals surface area contributed by atoms with E-state index in [2.05, 4.69) is 50.4 Å². The second-order valence-electron chi connectivity index (χ2n) is 14.7. The number of hydrogen-bond acceptors (Lipinski definition) is 8. The summed E-state index contributed by atoms with van der Waals surface area (Å²) in [5, 5.41) is 22.8. The Morgan fingerprint density at radius 2 is 1.07 bits per heavy atom. The molecule has 0 saturated carbocycles. The molecule has 0 atom stereocenters. The van der Waals surface area contributed by atoms with Crippen molar-refractivity contribution < 1.29 is 28.6 Å². The molecule has 0 radical (unpaired) electrons. The van der Waals surface area contributed by atoms with Gasteiger partial charge in [0.05, 0.1) is 22.4 Å². The van der Waals surface area contributed by atoms with Crippen LogP contribution in [0.1, 0.15) is 45.7 Å². The van der Waals surface area contributed by atoms with E-state index in [0.29, 0.717) is 61.7 Å². The fourth-order valence-electron chi connectivity index (χ4n) is 7.57. The van der Waals surface area contributed by atoms with Crippen LogP contribution in [0, 0.1) is 11.6 Å². The highest BCUT2D eigenvalue weighted by Crippen LogP contribution is 2.28. The van der Waals surface area contributed by atoms with Gasteiger partial charge in [0, 0.05) is 100 Å². The number of aryl methyl sites for hydroxylation is 2. The number of benzene rings is 4. The summed E-state index contributed by atoms with van der Waals surface area (Å²) in [4.78, 5) is 53.7. The molecular formula is C46H49BrF2N6O6. The number of rotatable bonds is 9. The molecular weight excluding hydrogens is 850 g/mol. The van der Waals surface area contributed by atoms with Crippen LogP contribution in [0.5, 0.6) is 0 Å². The van der Waals surface area contributed by atoms with Crippen LogP contribution in [0.4, 0.5) is 20.2 Å². The number of alkyl halides is 1. The molecule has 12 nitrogen and oxygen atoms in total. The van der Waals surface area contributed by atoms with Gasteiger partial charge in [0.2, 0.25) is 10.9 Å². The molecule has 0 spiro atoms. The molecule has 6 aromatic rings. The molecule has 15 heteroatoms. The van der Waals surface area contributed by atoms with Crippen LogP contribution < -0.4 is 26.0 Å². The minimum Gasteiger partial charge on any atom is -0.477 e. The molecule has 8 rings (SSSR count). The number of nitrogens with zero attached hydrogens (tertiary/aromatic N) is 5. The fourth-order valence-corrected chi connectivity index (χ4v) is 7.95. The molecule has 320 valence electrons. The zero-order valence-electron chi connectivity index (χ0n) is 34.1. The Labute approximate surface area is 360 Å². The number of hydrogen-bond donors (Lipinski definition) is 3. The van der Waals surface area contributed by atoms with Gasteiger partial charge in [0.1, 0.15) is 22.8 Å². The summed E-state index contributed by atoms with van der Waals surface area (Å²) >= 11 is 3.36. The van der Waals surface area contributed by atoms with Gasteiger partial charge < -0.3 is 34.5 Å². The second kappa shape index (κ2) is 20.6. The Kier molecular flexibility index (Phi) is 15.1. The molecule has 61 heavy (non-hydrogen) atoms. The number of halogens is 3. The lowest BCUT2D eigenvalue weighted by Crippen LogP contribution is -2.46. The monoisotopic (exact) mass is 898 g/mol. The van der Waals surface area contributed by atoms with Crippen molar-refractivity contribution in [2.45, 2.75) is 38.8 Å². The molecule has 0 unspecified atom stereocenters. The van der Waals surface area contributed by atoms with E-state index in [4.69, 9.17) is 5.11 Å². The van der Waals surface area contributed by atoms with Crippen LogP contribution >= 0.6 is 15.9 Å². The van der Waals surface area contributed by atoms with Crippen molar-refractivity contribution in [3.8, 4) is 0 Å². The van der Waals surface area contributed by atoms with Gasteiger partial charge in [-0.1, -0.05) is 76.6 Å². The number of pyridine rings is 2. The number of aromatic nitrogens is 2. The zero-order chi connectivity index (χ0) is 43.6. The van der Waals surface area contributed by atoms with Crippen molar-refractivity contribution in [2.75, 3.05) is 62.2 Å². The Hall–Kier alpha value is -5.90. The third-order valence-electron chi connectivity index (χ3n) is 10.9. The fraction of sp³-hybridized carbons (Fsp3) is 0.304. The molecule has 2 aliphatic rings. The lowest BCUT2D eigenvalue weighted by Gasteiger charge is -2.36. The molecule has 4 aromatic carbocycles. The number of anilines is 2. The number of aromatic carboxylic acids is 2. The minimum absolute atomic E-state index is 0.0979. The number of carboxylic acids is 2. The average Bonchev–Trinajstić information content (AvgIpc) is 3.28. The highest BCUT2D eigenvalue weighted by molar-refractivity contribution is 9.08. The summed E-state index contributed by atoms with van der Waals surface area (Å²) < 4.78 is 32.8. The molecule has 0 amide bonds. The van der Waals surface area contributed by atoms with Gasteiger partial charge in [-0.25, -0.2) is 18.4 Å². The lowest BCUT2D eigenvalue weighted by atomic mass is 10.1. The van der Waals surface area contributed by atoms with Crippen molar-refractivity contribution in [3.05, 3.63) is 152 Å². The predicted octanol–water partition coefficient (Wildman–Crippen LogP) is 7.03. The molecule has 0 bridgehead atoms. The third kappa shape index (κ3) is 10.5. The molecule has 3 N–H and O–H groups in total. The minimum atomic E-state index is -1.30. The largest absolute Gasteiger partial charge is 0.477 e. The number of carbonyl (C=O) groups is 2. The lowest BCUT2D eigenvalue weighted by molar-refractivity contribution is 0.0684. The summed E-state index contributed by atoms with van der Waals surface area (Å²) in [6.45, 7) is 11.4. The normalized spacial score (nSPS) is 14.2. The summed E-state index contributed by atoms with van der Waals surface area (Å²) in [6, 6.07) is 26.2.